The molecule has 1 aliphatic rings. The van der Waals surface area contributed by atoms with Crippen LogP contribution in [0.1, 0.15) is 24.8 Å². The van der Waals surface area contributed by atoms with Crippen LogP contribution in [0.15, 0.2) is 22.9 Å². The highest BCUT2D eigenvalue weighted by molar-refractivity contribution is 9.10. The number of nitrogens with zero attached hydrogens (tertiary/aromatic N) is 2. The van der Waals surface area contributed by atoms with Crippen LogP contribution in [0, 0.1) is 0 Å². The number of aromatic nitrogens is 1. The first-order valence-electron chi connectivity index (χ1n) is 6.13. The van der Waals surface area contributed by atoms with Crippen LogP contribution in [0.3, 0.4) is 0 Å². The summed E-state index contributed by atoms with van der Waals surface area (Å²) in [6, 6.07) is 2.12. The van der Waals surface area contributed by atoms with Gasteiger partial charge in [-0.25, -0.2) is 0 Å². The molecule has 4 heteroatoms. The lowest BCUT2D eigenvalue weighted by atomic mass is 10.1. The Bertz CT molecular complexity index is 353. The first-order valence-corrected chi connectivity index (χ1v) is 6.93. The smallest absolute Gasteiger partial charge is 0.0702 e. The zero-order valence-electron chi connectivity index (χ0n) is 10.2. The summed E-state index contributed by atoms with van der Waals surface area (Å²) in [7, 11) is 2.14. The molecule has 0 aliphatic carbocycles. The summed E-state index contributed by atoms with van der Waals surface area (Å²) in [6.07, 6.45) is 7.86. The van der Waals surface area contributed by atoms with Crippen molar-refractivity contribution in [2.45, 2.75) is 31.9 Å². The van der Waals surface area contributed by atoms with Crippen LogP contribution in [0.4, 0.5) is 0 Å². The maximum Gasteiger partial charge on any atom is 0.0702 e. The average molecular weight is 299 g/mol. The molecule has 2 rings (SSSR count). The quantitative estimate of drug-likeness (QED) is 0.855. The monoisotopic (exact) mass is 298 g/mol. The lowest BCUT2D eigenvalue weighted by Crippen LogP contribution is -2.33. The van der Waals surface area contributed by atoms with Crippen LogP contribution >= 0.6 is 15.9 Å². The van der Waals surface area contributed by atoms with Crippen molar-refractivity contribution in [1.82, 2.24) is 9.88 Å². The minimum absolute atomic E-state index is 0.411. The third-order valence-electron chi connectivity index (χ3n) is 3.00. The molecule has 0 N–H and O–H groups in total. The van der Waals surface area contributed by atoms with Crippen molar-refractivity contribution in [3.63, 3.8) is 0 Å². The number of ether oxygens (including phenoxy) is 1. The number of halogens is 1. The van der Waals surface area contributed by atoms with Gasteiger partial charge in [0.15, 0.2) is 0 Å². The normalized spacial score (nSPS) is 20.8. The Morgan fingerprint density at radius 3 is 3.06 bits per heavy atom. The van der Waals surface area contributed by atoms with Gasteiger partial charge in [0.2, 0.25) is 0 Å². The Hall–Kier alpha value is -0.450. The molecule has 1 fully saturated rings. The van der Waals surface area contributed by atoms with Crippen molar-refractivity contribution >= 4 is 15.9 Å². The largest absolute Gasteiger partial charge is 0.377 e. The Morgan fingerprint density at radius 2 is 2.35 bits per heavy atom. The molecular formula is C13H19BrN2O. The second-order valence-corrected chi connectivity index (χ2v) is 5.61. The van der Waals surface area contributed by atoms with E-state index in [0.29, 0.717) is 6.10 Å². The lowest BCUT2D eigenvalue weighted by molar-refractivity contribution is -0.00260. The number of pyridine rings is 1. The van der Waals surface area contributed by atoms with Crippen molar-refractivity contribution < 1.29 is 4.74 Å². The van der Waals surface area contributed by atoms with Gasteiger partial charge in [0, 0.05) is 36.6 Å². The predicted octanol–water partition coefficient (Wildman–Crippen LogP) is 2.85. The van der Waals surface area contributed by atoms with Crippen molar-refractivity contribution in [1.29, 1.82) is 0 Å². The summed E-state index contributed by atoms with van der Waals surface area (Å²) in [5.74, 6) is 0. The summed E-state index contributed by atoms with van der Waals surface area (Å²) in [5, 5.41) is 0. The van der Waals surface area contributed by atoms with E-state index in [0.717, 1.165) is 24.2 Å². The van der Waals surface area contributed by atoms with Crippen molar-refractivity contribution in [2.75, 3.05) is 20.2 Å². The van der Waals surface area contributed by atoms with Crippen LogP contribution in [-0.2, 0) is 11.3 Å². The molecule has 1 aliphatic heterocycles. The van der Waals surface area contributed by atoms with Gasteiger partial charge < -0.3 is 4.74 Å². The van der Waals surface area contributed by atoms with Crippen LogP contribution in [0.5, 0.6) is 0 Å². The van der Waals surface area contributed by atoms with Gasteiger partial charge in [0.05, 0.1) is 6.10 Å². The lowest BCUT2D eigenvalue weighted by Gasteiger charge is -2.27. The van der Waals surface area contributed by atoms with Gasteiger partial charge in [-0.05, 0) is 53.9 Å². The highest BCUT2D eigenvalue weighted by atomic mass is 79.9. The molecule has 1 aromatic heterocycles. The fourth-order valence-corrected chi connectivity index (χ4v) is 2.63. The maximum atomic E-state index is 5.74. The number of hydrogen-bond donors (Lipinski definition) is 0. The van der Waals surface area contributed by atoms with Crippen LogP contribution in [0.2, 0.25) is 0 Å². The highest BCUT2D eigenvalue weighted by Crippen LogP contribution is 2.15. The van der Waals surface area contributed by atoms with E-state index >= 15 is 0 Å². The molecule has 0 amide bonds. The topological polar surface area (TPSA) is 25.4 Å². The van der Waals surface area contributed by atoms with Crippen LogP contribution in [-0.4, -0.2) is 36.2 Å². The van der Waals surface area contributed by atoms with Crippen molar-refractivity contribution in [2.24, 2.45) is 0 Å². The average Bonchev–Trinajstić information content (AvgIpc) is 2.30. The fourth-order valence-electron chi connectivity index (χ4n) is 2.22. The van der Waals surface area contributed by atoms with Gasteiger partial charge in [0.25, 0.3) is 0 Å². The zero-order valence-corrected chi connectivity index (χ0v) is 11.8. The van der Waals surface area contributed by atoms with E-state index in [1.165, 1.54) is 24.8 Å². The summed E-state index contributed by atoms with van der Waals surface area (Å²) >= 11 is 3.44. The van der Waals surface area contributed by atoms with Gasteiger partial charge in [-0.3, -0.25) is 9.88 Å². The first kappa shape index (κ1) is 13.0. The number of rotatable bonds is 4. The molecular weight excluding hydrogens is 280 g/mol. The van der Waals surface area contributed by atoms with Gasteiger partial charge in [-0.15, -0.1) is 0 Å². The molecule has 0 bridgehead atoms. The molecule has 0 radical (unpaired) electrons. The Balaban J connectivity index is 1.82. The third kappa shape index (κ3) is 4.37. The van der Waals surface area contributed by atoms with Crippen LogP contribution in [0.25, 0.3) is 0 Å². The van der Waals surface area contributed by atoms with Gasteiger partial charge in [0.1, 0.15) is 0 Å². The third-order valence-corrected chi connectivity index (χ3v) is 3.44. The zero-order chi connectivity index (χ0) is 12.1. The molecule has 0 aromatic carbocycles. The summed E-state index contributed by atoms with van der Waals surface area (Å²) in [5.41, 5.74) is 1.23. The minimum atomic E-state index is 0.411. The second-order valence-electron chi connectivity index (χ2n) is 4.70. The van der Waals surface area contributed by atoms with Gasteiger partial charge in [-0.2, -0.15) is 0 Å². The summed E-state index contributed by atoms with van der Waals surface area (Å²) < 4.78 is 6.78. The fraction of sp³-hybridized carbons (Fsp3) is 0.615. The Morgan fingerprint density at radius 1 is 1.47 bits per heavy atom. The summed E-state index contributed by atoms with van der Waals surface area (Å²) in [4.78, 5) is 6.48. The summed E-state index contributed by atoms with van der Waals surface area (Å²) in [6.45, 7) is 2.86. The molecule has 3 nitrogen and oxygen atoms in total. The standard InChI is InChI=1S/C13H19BrN2O/c1-16(10-13-4-2-3-5-17-13)9-11-6-12(14)8-15-7-11/h6-8,13H,2-5,9-10H2,1H3. The molecule has 0 saturated carbocycles. The van der Waals surface area contributed by atoms with E-state index in [4.69, 9.17) is 4.74 Å². The second kappa shape index (κ2) is 6.47. The van der Waals surface area contributed by atoms with Gasteiger partial charge >= 0.3 is 0 Å². The molecule has 1 atom stereocenters. The van der Waals surface area contributed by atoms with E-state index in [1.807, 2.05) is 12.4 Å². The van der Waals surface area contributed by atoms with E-state index in [1.54, 1.807) is 0 Å². The number of hydrogen-bond acceptors (Lipinski definition) is 3. The van der Waals surface area contributed by atoms with E-state index in [-0.39, 0.29) is 0 Å². The molecule has 2 heterocycles. The molecule has 1 unspecified atom stereocenters. The molecule has 0 spiro atoms. The number of likely N-dealkylation sites (N-methyl/N-ethyl adjacent to an activating group) is 1. The van der Waals surface area contributed by atoms with Crippen molar-refractivity contribution in [3.05, 3.63) is 28.5 Å². The SMILES string of the molecule is CN(Cc1cncc(Br)c1)CC1CCCCO1. The van der Waals surface area contributed by atoms with Crippen molar-refractivity contribution in [3.8, 4) is 0 Å². The highest BCUT2D eigenvalue weighted by Gasteiger charge is 2.15. The molecule has 94 valence electrons. The predicted molar refractivity (Wildman–Crippen MR) is 71.9 cm³/mol. The Kier molecular flexibility index (Phi) is 4.95. The maximum absolute atomic E-state index is 5.74. The van der Waals surface area contributed by atoms with E-state index in [9.17, 15) is 0 Å². The molecule has 17 heavy (non-hydrogen) atoms. The molecule has 1 saturated heterocycles. The van der Waals surface area contributed by atoms with Gasteiger partial charge in [-0.1, -0.05) is 0 Å². The Labute approximate surface area is 111 Å². The van der Waals surface area contributed by atoms with Crippen LogP contribution < -0.4 is 0 Å². The van der Waals surface area contributed by atoms with E-state index < -0.39 is 0 Å². The van der Waals surface area contributed by atoms with E-state index in [2.05, 4.69) is 38.9 Å². The molecule has 1 aromatic rings. The first-order chi connectivity index (χ1) is 8.24. The minimum Gasteiger partial charge on any atom is -0.377 e.